The van der Waals surface area contributed by atoms with Crippen molar-refractivity contribution in [3.05, 3.63) is 71.9 Å². The molecule has 2 aromatic carbocycles. The lowest BCUT2D eigenvalue weighted by Crippen LogP contribution is -2.47. The van der Waals surface area contributed by atoms with Crippen molar-refractivity contribution in [2.24, 2.45) is 0 Å². The molecule has 134 valence electrons. The number of carbonyl (C=O) groups excluding carboxylic acids is 1. The molecule has 1 heterocycles. The van der Waals surface area contributed by atoms with Gasteiger partial charge in [-0.15, -0.1) is 0 Å². The molecule has 0 saturated heterocycles. The van der Waals surface area contributed by atoms with Gasteiger partial charge in [0.2, 0.25) is 5.91 Å². The van der Waals surface area contributed by atoms with Gasteiger partial charge in [-0.3, -0.25) is 4.79 Å². The van der Waals surface area contributed by atoms with Crippen molar-refractivity contribution in [2.75, 3.05) is 0 Å². The SMILES string of the molecule is O=C(O)C(Cc1c[nH]c2ccccc12)NC(=O)[C@@H](O)Cc1ccccc1. The van der Waals surface area contributed by atoms with Gasteiger partial charge in [0.15, 0.2) is 0 Å². The highest BCUT2D eigenvalue weighted by molar-refractivity contribution is 5.88. The molecular formula is C20H20N2O4. The number of amides is 1. The van der Waals surface area contributed by atoms with Crippen LogP contribution in [-0.4, -0.2) is 39.2 Å². The fraction of sp³-hybridized carbons (Fsp3) is 0.200. The van der Waals surface area contributed by atoms with Crippen molar-refractivity contribution in [2.45, 2.75) is 25.0 Å². The van der Waals surface area contributed by atoms with Gasteiger partial charge in [0.25, 0.3) is 0 Å². The first-order valence-corrected chi connectivity index (χ1v) is 8.35. The summed E-state index contributed by atoms with van der Waals surface area (Å²) >= 11 is 0. The zero-order chi connectivity index (χ0) is 18.5. The number of aliphatic hydroxyl groups is 1. The Bertz CT molecular complexity index is 904. The number of aliphatic carboxylic acids is 1. The summed E-state index contributed by atoms with van der Waals surface area (Å²) in [7, 11) is 0. The van der Waals surface area contributed by atoms with Gasteiger partial charge in [0.1, 0.15) is 12.1 Å². The number of H-pyrrole nitrogens is 1. The smallest absolute Gasteiger partial charge is 0.326 e. The number of para-hydroxylation sites is 1. The van der Waals surface area contributed by atoms with Crippen molar-refractivity contribution < 1.29 is 19.8 Å². The Morgan fingerprint density at radius 3 is 2.42 bits per heavy atom. The second-order valence-corrected chi connectivity index (χ2v) is 6.17. The van der Waals surface area contributed by atoms with Crippen LogP contribution in [0.5, 0.6) is 0 Å². The van der Waals surface area contributed by atoms with E-state index in [0.717, 1.165) is 22.0 Å². The molecule has 6 heteroatoms. The molecule has 3 aromatic rings. The van der Waals surface area contributed by atoms with Crippen LogP contribution in [0.25, 0.3) is 10.9 Å². The van der Waals surface area contributed by atoms with Crippen molar-refractivity contribution in [1.82, 2.24) is 10.3 Å². The summed E-state index contributed by atoms with van der Waals surface area (Å²) in [6.07, 6.45) is 0.699. The Balaban J connectivity index is 1.68. The van der Waals surface area contributed by atoms with E-state index in [0.29, 0.717) is 0 Å². The molecule has 3 rings (SSSR count). The molecule has 1 aromatic heterocycles. The van der Waals surface area contributed by atoms with E-state index in [1.807, 2.05) is 42.5 Å². The average Bonchev–Trinajstić information content (AvgIpc) is 3.05. The first-order valence-electron chi connectivity index (χ1n) is 8.35. The first-order chi connectivity index (χ1) is 12.5. The summed E-state index contributed by atoms with van der Waals surface area (Å²) in [4.78, 5) is 26.9. The quantitative estimate of drug-likeness (QED) is 0.521. The van der Waals surface area contributed by atoms with Gasteiger partial charge in [0.05, 0.1) is 0 Å². The van der Waals surface area contributed by atoms with Gasteiger partial charge < -0.3 is 20.5 Å². The predicted octanol–water partition coefficient (Wildman–Crippen LogP) is 1.88. The molecule has 0 aliphatic rings. The van der Waals surface area contributed by atoms with Crippen LogP contribution in [-0.2, 0) is 22.4 Å². The van der Waals surface area contributed by atoms with Crippen LogP contribution in [0.3, 0.4) is 0 Å². The van der Waals surface area contributed by atoms with E-state index in [1.54, 1.807) is 18.3 Å². The fourth-order valence-corrected chi connectivity index (χ4v) is 2.92. The van der Waals surface area contributed by atoms with Crippen LogP contribution in [0.4, 0.5) is 0 Å². The molecule has 4 N–H and O–H groups in total. The number of hydrogen-bond donors (Lipinski definition) is 4. The topological polar surface area (TPSA) is 102 Å². The number of hydrogen-bond acceptors (Lipinski definition) is 3. The largest absolute Gasteiger partial charge is 0.480 e. The summed E-state index contributed by atoms with van der Waals surface area (Å²) in [6.45, 7) is 0. The van der Waals surface area contributed by atoms with Crippen LogP contribution in [0, 0.1) is 0 Å². The third kappa shape index (κ3) is 4.10. The summed E-state index contributed by atoms with van der Waals surface area (Å²) < 4.78 is 0. The summed E-state index contributed by atoms with van der Waals surface area (Å²) in [6, 6.07) is 15.5. The maximum absolute atomic E-state index is 12.2. The molecule has 26 heavy (non-hydrogen) atoms. The Morgan fingerprint density at radius 2 is 1.69 bits per heavy atom. The summed E-state index contributed by atoms with van der Waals surface area (Å²) in [5.41, 5.74) is 2.51. The summed E-state index contributed by atoms with van der Waals surface area (Å²) in [5.74, 6) is -1.84. The minimum absolute atomic E-state index is 0.128. The molecule has 2 atom stereocenters. The van der Waals surface area contributed by atoms with Crippen molar-refractivity contribution in [1.29, 1.82) is 0 Å². The van der Waals surface area contributed by atoms with Crippen LogP contribution in [0.15, 0.2) is 60.8 Å². The normalized spacial score (nSPS) is 13.3. The van der Waals surface area contributed by atoms with Gasteiger partial charge in [-0.05, 0) is 17.2 Å². The Kier molecular flexibility index (Phi) is 5.34. The highest BCUT2D eigenvalue weighted by Gasteiger charge is 2.25. The fourth-order valence-electron chi connectivity index (χ4n) is 2.92. The molecule has 0 fully saturated rings. The molecule has 0 bridgehead atoms. The second-order valence-electron chi connectivity index (χ2n) is 6.17. The van der Waals surface area contributed by atoms with Crippen LogP contribution in [0.1, 0.15) is 11.1 Å². The van der Waals surface area contributed by atoms with Crippen molar-refractivity contribution in [3.8, 4) is 0 Å². The molecule has 0 saturated carbocycles. The third-order valence-corrected chi connectivity index (χ3v) is 4.29. The molecule has 1 amide bonds. The number of benzene rings is 2. The van der Waals surface area contributed by atoms with Crippen LogP contribution < -0.4 is 5.32 Å². The number of aromatic nitrogens is 1. The molecule has 0 aliphatic carbocycles. The van der Waals surface area contributed by atoms with Gasteiger partial charge >= 0.3 is 5.97 Å². The third-order valence-electron chi connectivity index (χ3n) is 4.29. The van der Waals surface area contributed by atoms with E-state index in [-0.39, 0.29) is 12.8 Å². The first kappa shape index (κ1) is 17.7. The summed E-state index contributed by atoms with van der Waals surface area (Å²) in [5, 5.41) is 22.9. The minimum Gasteiger partial charge on any atom is -0.480 e. The Hall–Kier alpha value is -3.12. The lowest BCUT2D eigenvalue weighted by atomic mass is 10.0. The minimum atomic E-state index is -1.30. The van der Waals surface area contributed by atoms with E-state index in [9.17, 15) is 19.8 Å². The lowest BCUT2D eigenvalue weighted by molar-refractivity contribution is -0.143. The zero-order valence-corrected chi connectivity index (χ0v) is 14.1. The highest BCUT2D eigenvalue weighted by atomic mass is 16.4. The number of aliphatic hydroxyl groups excluding tert-OH is 1. The Labute approximate surface area is 150 Å². The number of carbonyl (C=O) groups is 2. The van der Waals surface area contributed by atoms with Crippen molar-refractivity contribution in [3.63, 3.8) is 0 Å². The van der Waals surface area contributed by atoms with Crippen LogP contribution >= 0.6 is 0 Å². The predicted molar refractivity (Wildman–Crippen MR) is 97.7 cm³/mol. The maximum Gasteiger partial charge on any atom is 0.326 e. The standard InChI is InChI=1S/C20H20N2O4/c23-18(10-13-6-2-1-3-7-13)19(24)22-17(20(25)26)11-14-12-21-16-9-5-4-8-15(14)16/h1-9,12,17-18,21,23H,10-11H2,(H,22,24)(H,25,26)/t17?,18-/m0/s1. The van der Waals surface area contributed by atoms with E-state index in [4.69, 9.17) is 0 Å². The molecule has 6 nitrogen and oxygen atoms in total. The van der Waals surface area contributed by atoms with E-state index < -0.39 is 24.0 Å². The van der Waals surface area contributed by atoms with Gasteiger partial charge in [-0.1, -0.05) is 48.5 Å². The molecular weight excluding hydrogens is 332 g/mol. The molecule has 0 radical (unpaired) electrons. The zero-order valence-electron chi connectivity index (χ0n) is 14.1. The van der Waals surface area contributed by atoms with E-state index in [2.05, 4.69) is 10.3 Å². The molecule has 0 spiro atoms. The highest BCUT2D eigenvalue weighted by Crippen LogP contribution is 2.19. The number of aromatic amines is 1. The maximum atomic E-state index is 12.2. The number of nitrogens with one attached hydrogen (secondary N) is 2. The van der Waals surface area contributed by atoms with Crippen molar-refractivity contribution >= 4 is 22.8 Å². The average molecular weight is 352 g/mol. The Morgan fingerprint density at radius 1 is 1.00 bits per heavy atom. The number of rotatable bonds is 7. The number of carboxylic acid groups (broad SMARTS) is 1. The van der Waals surface area contributed by atoms with Crippen LogP contribution in [0.2, 0.25) is 0 Å². The van der Waals surface area contributed by atoms with Gasteiger partial charge in [0, 0.05) is 29.9 Å². The number of fused-ring (bicyclic) bond motifs is 1. The molecule has 1 unspecified atom stereocenters. The second kappa shape index (κ2) is 7.84. The van der Waals surface area contributed by atoms with E-state index >= 15 is 0 Å². The van der Waals surface area contributed by atoms with E-state index in [1.165, 1.54) is 0 Å². The molecule has 0 aliphatic heterocycles. The van der Waals surface area contributed by atoms with Gasteiger partial charge in [-0.25, -0.2) is 4.79 Å². The number of carboxylic acids is 1. The lowest BCUT2D eigenvalue weighted by Gasteiger charge is -2.17. The monoisotopic (exact) mass is 352 g/mol. The van der Waals surface area contributed by atoms with Gasteiger partial charge in [-0.2, -0.15) is 0 Å².